The van der Waals surface area contributed by atoms with Crippen LogP contribution in [0.15, 0.2) is 22.6 Å². The van der Waals surface area contributed by atoms with Gasteiger partial charge in [0.25, 0.3) is 5.91 Å². The number of hydrogen-bond acceptors (Lipinski definition) is 4. The van der Waals surface area contributed by atoms with E-state index < -0.39 is 11.7 Å². The van der Waals surface area contributed by atoms with Gasteiger partial charge in [-0.15, -0.1) is 5.10 Å². The molecule has 2 aromatic heterocycles. The summed E-state index contributed by atoms with van der Waals surface area (Å²) < 4.78 is 18.9. The Kier molecular flexibility index (Phi) is 2.74. The largest absolute Gasteiger partial charge is 0.448 e. The van der Waals surface area contributed by atoms with E-state index in [0.29, 0.717) is 16.8 Å². The Hall–Kier alpha value is -2.70. The normalized spacial score (nSPS) is 10.9. The molecule has 2 N–H and O–H groups in total. The number of para-hydroxylation sites is 1. The van der Waals surface area contributed by atoms with Crippen LogP contribution in [-0.4, -0.2) is 21.1 Å². The first-order valence-corrected chi connectivity index (χ1v) is 5.94. The second-order valence-electron chi connectivity index (χ2n) is 4.37. The predicted molar refractivity (Wildman–Crippen MR) is 70.0 cm³/mol. The maximum absolute atomic E-state index is 13.6. The zero-order chi connectivity index (χ0) is 14.3. The average Bonchev–Trinajstić information content (AvgIpc) is 2.95. The standard InChI is InChI=1S/C13H11FN4O2/c1-6-8-4-3-5-9(14)11(8)20-10(6)12(19)16-13-15-7(2)17-18-13/h3-5H,1-2H3,(H2,15,16,17,18,19). The topological polar surface area (TPSA) is 83.8 Å². The van der Waals surface area contributed by atoms with Crippen molar-refractivity contribution in [2.45, 2.75) is 13.8 Å². The third-order valence-corrected chi connectivity index (χ3v) is 2.94. The molecule has 7 heteroatoms. The lowest BCUT2D eigenvalue weighted by atomic mass is 10.1. The number of rotatable bonds is 2. The molecule has 2 heterocycles. The fourth-order valence-electron chi connectivity index (χ4n) is 1.98. The fourth-order valence-corrected chi connectivity index (χ4v) is 1.98. The molecule has 0 aliphatic rings. The van der Waals surface area contributed by atoms with Gasteiger partial charge in [-0.1, -0.05) is 12.1 Å². The Morgan fingerprint density at radius 2 is 2.20 bits per heavy atom. The van der Waals surface area contributed by atoms with Crippen molar-refractivity contribution >= 4 is 22.8 Å². The van der Waals surface area contributed by atoms with Gasteiger partial charge >= 0.3 is 0 Å². The predicted octanol–water partition coefficient (Wildman–Crippen LogP) is 2.56. The number of amides is 1. The quantitative estimate of drug-likeness (QED) is 0.752. The molecule has 0 aliphatic heterocycles. The highest BCUT2D eigenvalue weighted by atomic mass is 19.1. The molecule has 102 valence electrons. The van der Waals surface area contributed by atoms with Crippen molar-refractivity contribution in [3.8, 4) is 0 Å². The van der Waals surface area contributed by atoms with Crippen LogP contribution in [0.5, 0.6) is 0 Å². The number of aromatic nitrogens is 3. The molecular weight excluding hydrogens is 263 g/mol. The molecule has 3 aromatic rings. The zero-order valence-corrected chi connectivity index (χ0v) is 10.8. The highest BCUT2D eigenvalue weighted by Crippen LogP contribution is 2.27. The van der Waals surface area contributed by atoms with Gasteiger partial charge in [-0.2, -0.15) is 4.98 Å². The number of fused-ring (bicyclic) bond motifs is 1. The number of anilines is 1. The van der Waals surface area contributed by atoms with E-state index in [0.717, 1.165) is 0 Å². The smallest absolute Gasteiger partial charge is 0.294 e. The number of benzene rings is 1. The van der Waals surface area contributed by atoms with E-state index in [9.17, 15) is 9.18 Å². The Bertz CT molecular complexity index is 806. The van der Waals surface area contributed by atoms with Gasteiger partial charge in [0, 0.05) is 10.9 Å². The summed E-state index contributed by atoms with van der Waals surface area (Å²) in [6.45, 7) is 3.41. The van der Waals surface area contributed by atoms with Gasteiger partial charge in [0.2, 0.25) is 5.95 Å². The summed E-state index contributed by atoms with van der Waals surface area (Å²) in [7, 11) is 0. The molecule has 0 spiro atoms. The third-order valence-electron chi connectivity index (χ3n) is 2.94. The summed E-state index contributed by atoms with van der Waals surface area (Å²) in [6, 6.07) is 4.55. The number of aromatic amines is 1. The van der Waals surface area contributed by atoms with Crippen molar-refractivity contribution in [2.75, 3.05) is 5.32 Å². The van der Waals surface area contributed by atoms with E-state index in [4.69, 9.17) is 4.42 Å². The lowest BCUT2D eigenvalue weighted by molar-refractivity contribution is 0.0997. The molecule has 0 fully saturated rings. The minimum Gasteiger partial charge on any atom is -0.448 e. The summed E-state index contributed by atoms with van der Waals surface area (Å²) in [5.74, 6) is -0.247. The van der Waals surface area contributed by atoms with E-state index in [2.05, 4.69) is 20.5 Å². The molecule has 0 saturated carbocycles. The van der Waals surface area contributed by atoms with Crippen LogP contribution in [0.3, 0.4) is 0 Å². The molecule has 0 saturated heterocycles. The number of halogens is 1. The summed E-state index contributed by atoms with van der Waals surface area (Å²) in [4.78, 5) is 16.1. The Morgan fingerprint density at radius 1 is 1.40 bits per heavy atom. The Morgan fingerprint density at radius 3 is 2.85 bits per heavy atom. The van der Waals surface area contributed by atoms with Crippen LogP contribution in [0, 0.1) is 19.7 Å². The summed E-state index contributed by atoms with van der Waals surface area (Å²) in [5.41, 5.74) is 0.644. The highest BCUT2D eigenvalue weighted by Gasteiger charge is 2.20. The van der Waals surface area contributed by atoms with Crippen molar-refractivity contribution in [1.29, 1.82) is 0 Å². The highest BCUT2D eigenvalue weighted by molar-refractivity contribution is 6.05. The second kappa shape index (κ2) is 4.44. The zero-order valence-electron chi connectivity index (χ0n) is 10.8. The number of H-pyrrole nitrogens is 1. The first-order valence-electron chi connectivity index (χ1n) is 5.94. The van der Waals surface area contributed by atoms with Gasteiger partial charge in [-0.3, -0.25) is 15.2 Å². The van der Waals surface area contributed by atoms with E-state index in [-0.39, 0.29) is 17.3 Å². The minimum absolute atomic E-state index is 0.0487. The van der Waals surface area contributed by atoms with Gasteiger partial charge in [-0.25, -0.2) is 4.39 Å². The summed E-state index contributed by atoms with van der Waals surface area (Å²) in [6.07, 6.45) is 0. The second-order valence-corrected chi connectivity index (χ2v) is 4.37. The van der Waals surface area contributed by atoms with Gasteiger partial charge in [0.15, 0.2) is 17.2 Å². The number of furan rings is 1. The first kappa shape index (κ1) is 12.3. The SMILES string of the molecule is Cc1nc(NC(=O)c2oc3c(F)cccc3c2C)n[nH]1. The molecule has 3 rings (SSSR count). The molecule has 0 unspecified atom stereocenters. The van der Waals surface area contributed by atoms with Crippen LogP contribution in [0.1, 0.15) is 21.9 Å². The monoisotopic (exact) mass is 274 g/mol. The molecule has 1 aromatic carbocycles. The number of hydrogen-bond donors (Lipinski definition) is 2. The number of nitrogens with zero attached hydrogens (tertiary/aromatic N) is 2. The van der Waals surface area contributed by atoms with E-state index in [1.54, 1.807) is 26.0 Å². The van der Waals surface area contributed by atoms with Crippen molar-refractivity contribution in [2.24, 2.45) is 0 Å². The van der Waals surface area contributed by atoms with Crippen LogP contribution >= 0.6 is 0 Å². The van der Waals surface area contributed by atoms with E-state index in [1.807, 2.05) is 0 Å². The van der Waals surface area contributed by atoms with Crippen molar-refractivity contribution < 1.29 is 13.6 Å². The van der Waals surface area contributed by atoms with Crippen molar-refractivity contribution in [1.82, 2.24) is 15.2 Å². The minimum atomic E-state index is -0.517. The molecule has 0 aliphatic carbocycles. The van der Waals surface area contributed by atoms with Gasteiger partial charge < -0.3 is 4.42 Å². The van der Waals surface area contributed by atoms with Crippen LogP contribution in [0.4, 0.5) is 10.3 Å². The molecule has 6 nitrogen and oxygen atoms in total. The summed E-state index contributed by atoms with van der Waals surface area (Å²) >= 11 is 0. The Labute approximate surface area is 113 Å². The molecule has 20 heavy (non-hydrogen) atoms. The maximum atomic E-state index is 13.6. The fraction of sp³-hybridized carbons (Fsp3) is 0.154. The number of carbonyl (C=O) groups is 1. The van der Waals surface area contributed by atoms with Crippen LogP contribution < -0.4 is 5.32 Å². The third kappa shape index (κ3) is 1.93. The van der Waals surface area contributed by atoms with Crippen LogP contribution in [-0.2, 0) is 0 Å². The van der Waals surface area contributed by atoms with Gasteiger partial charge in [0.05, 0.1) is 0 Å². The number of nitrogens with one attached hydrogen (secondary N) is 2. The van der Waals surface area contributed by atoms with E-state index >= 15 is 0 Å². The molecule has 1 amide bonds. The maximum Gasteiger partial charge on any atom is 0.294 e. The van der Waals surface area contributed by atoms with E-state index in [1.165, 1.54) is 6.07 Å². The summed E-state index contributed by atoms with van der Waals surface area (Å²) in [5, 5.41) is 9.47. The lowest BCUT2D eigenvalue weighted by Crippen LogP contribution is -2.13. The average molecular weight is 274 g/mol. The van der Waals surface area contributed by atoms with Gasteiger partial charge in [-0.05, 0) is 19.9 Å². The van der Waals surface area contributed by atoms with Crippen LogP contribution in [0.25, 0.3) is 11.0 Å². The van der Waals surface area contributed by atoms with Crippen LogP contribution in [0.2, 0.25) is 0 Å². The van der Waals surface area contributed by atoms with Crippen molar-refractivity contribution in [3.63, 3.8) is 0 Å². The van der Waals surface area contributed by atoms with Crippen molar-refractivity contribution in [3.05, 3.63) is 41.2 Å². The molecule has 0 bridgehead atoms. The molecule has 0 radical (unpaired) electrons. The van der Waals surface area contributed by atoms with Gasteiger partial charge in [0.1, 0.15) is 5.82 Å². The molecular formula is C13H11FN4O2. The lowest BCUT2D eigenvalue weighted by Gasteiger charge is -1.97. The first-order chi connectivity index (χ1) is 9.56. The number of aryl methyl sites for hydroxylation is 2. The number of carbonyl (C=O) groups excluding carboxylic acids is 1. The Balaban J connectivity index is 1.99. The molecule has 0 atom stereocenters.